The average molecular weight is 236 g/mol. The number of halogens is 1. The van der Waals surface area contributed by atoms with Crippen molar-refractivity contribution in [1.82, 2.24) is 0 Å². The Bertz CT molecular complexity index is 478. The molecule has 2 N–H and O–H groups in total. The van der Waals surface area contributed by atoms with E-state index in [1.54, 1.807) is 13.8 Å². The molecule has 90 valence electrons. The van der Waals surface area contributed by atoms with E-state index in [0.29, 0.717) is 5.69 Å². The Morgan fingerprint density at radius 2 is 2.24 bits per heavy atom. The van der Waals surface area contributed by atoms with E-state index in [1.807, 2.05) is 6.07 Å². The smallest absolute Gasteiger partial charge is 0.305 e. The lowest BCUT2D eigenvalue weighted by Gasteiger charge is -2.26. The Kier molecular flexibility index (Phi) is 3.69. The van der Waals surface area contributed by atoms with Gasteiger partial charge in [0.05, 0.1) is 17.7 Å². The molecule has 5 heteroatoms. The molecule has 0 atom stereocenters. The van der Waals surface area contributed by atoms with Gasteiger partial charge in [-0.05, 0) is 32.0 Å². The molecule has 0 radical (unpaired) electrons. The van der Waals surface area contributed by atoms with Crippen LogP contribution in [0.2, 0.25) is 0 Å². The summed E-state index contributed by atoms with van der Waals surface area (Å²) in [5, 5.41) is 20.5. The minimum Gasteiger partial charge on any atom is -0.481 e. The molecule has 0 aliphatic carbocycles. The van der Waals surface area contributed by atoms with E-state index >= 15 is 0 Å². The molecule has 4 nitrogen and oxygen atoms in total. The number of aliphatic carboxylic acids is 1. The fraction of sp³-hybridized carbons (Fsp3) is 0.333. The molecule has 1 aromatic carbocycles. The molecule has 0 saturated heterocycles. The maximum Gasteiger partial charge on any atom is 0.305 e. The number of anilines is 1. The van der Waals surface area contributed by atoms with E-state index in [1.165, 1.54) is 12.1 Å². The number of nitriles is 1. The lowest BCUT2D eigenvalue weighted by atomic mass is 9.99. The largest absolute Gasteiger partial charge is 0.481 e. The zero-order valence-corrected chi connectivity index (χ0v) is 9.62. The minimum absolute atomic E-state index is 0.102. The van der Waals surface area contributed by atoms with E-state index in [-0.39, 0.29) is 12.0 Å². The monoisotopic (exact) mass is 236 g/mol. The standard InChI is InChI=1S/C12H13FN2O2/c1-12(2,6-11(16)17)15-10-4-3-9(13)5-8(10)7-14/h3-5,15H,6H2,1-2H3,(H,16,17). The highest BCUT2D eigenvalue weighted by atomic mass is 19.1. The van der Waals surface area contributed by atoms with Crippen LogP contribution in [0.1, 0.15) is 25.8 Å². The Hall–Kier alpha value is -2.09. The third-order valence-electron chi connectivity index (χ3n) is 2.17. The molecule has 0 aliphatic heterocycles. The van der Waals surface area contributed by atoms with Crippen molar-refractivity contribution >= 4 is 11.7 Å². The van der Waals surface area contributed by atoms with Crippen LogP contribution in [0.15, 0.2) is 18.2 Å². The normalized spacial score (nSPS) is 10.7. The van der Waals surface area contributed by atoms with Gasteiger partial charge in [-0.3, -0.25) is 4.79 Å². The number of nitrogens with zero attached hydrogens (tertiary/aromatic N) is 1. The second kappa shape index (κ2) is 4.83. The summed E-state index contributed by atoms with van der Waals surface area (Å²) in [5.74, 6) is -1.44. The number of rotatable bonds is 4. The molecule has 0 aromatic heterocycles. The summed E-state index contributed by atoms with van der Waals surface area (Å²) in [7, 11) is 0. The first-order chi connectivity index (χ1) is 7.84. The molecular formula is C12H13FN2O2. The molecule has 0 saturated carbocycles. The summed E-state index contributed by atoms with van der Waals surface area (Å²) in [5.41, 5.74) is -0.126. The van der Waals surface area contributed by atoms with Gasteiger partial charge >= 0.3 is 5.97 Å². The van der Waals surface area contributed by atoms with Crippen molar-refractivity contribution in [2.45, 2.75) is 25.8 Å². The zero-order chi connectivity index (χ0) is 13.1. The predicted octanol–water partition coefficient (Wildman–Crippen LogP) is 2.36. The molecule has 0 bridgehead atoms. The molecular weight excluding hydrogens is 223 g/mol. The van der Waals surface area contributed by atoms with Crippen molar-refractivity contribution in [2.24, 2.45) is 0 Å². The van der Waals surface area contributed by atoms with Gasteiger partial charge in [-0.15, -0.1) is 0 Å². The van der Waals surface area contributed by atoms with Gasteiger partial charge in [0.1, 0.15) is 11.9 Å². The van der Waals surface area contributed by atoms with Crippen LogP contribution in [0.25, 0.3) is 0 Å². The number of benzene rings is 1. The van der Waals surface area contributed by atoms with Gasteiger partial charge in [0, 0.05) is 5.54 Å². The van der Waals surface area contributed by atoms with Crippen LogP contribution in [-0.4, -0.2) is 16.6 Å². The van der Waals surface area contributed by atoms with Gasteiger partial charge in [0.15, 0.2) is 0 Å². The van der Waals surface area contributed by atoms with Crippen LogP contribution in [0.3, 0.4) is 0 Å². The molecule has 0 aliphatic rings. The SMILES string of the molecule is CC(C)(CC(=O)O)Nc1ccc(F)cc1C#N. The number of nitrogens with one attached hydrogen (secondary N) is 1. The average Bonchev–Trinajstić information content (AvgIpc) is 2.18. The summed E-state index contributed by atoms with van der Waals surface area (Å²) in [6.45, 7) is 3.40. The first kappa shape index (κ1) is 13.0. The van der Waals surface area contributed by atoms with Crippen LogP contribution in [0.4, 0.5) is 10.1 Å². The highest BCUT2D eigenvalue weighted by molar-refractivity contribution is 5.70. The minimum atomic E-state index is -0.942. The van der Waals surface area contributed by atoms with Crippen molar-refractivity contribution in [3.05, 3.63) is 29.6 Å². The fourth-order valence-corrected chi connectivity index (χ4v) is 1.50. The highest BCUT2D eigenvalue weighted by Crippen LogP contribution is 2.22. The maximum atomic E-state index is 12.9. The number of hydrogen-bond donors (Lipinski definition) is 2. The number of hydrogen-bond acceptors (Lipinski definition) is 3. The summed E-state index contributed by atoms with van der Waals surface area (Å²) in [4.78, 5) is 10.6. The van der Waals surface area contributed by atoms with Gasteiger partial charge < -0.3 is 10.4 Å². The molecule has 0 amide bonds. The first-order valence-electron chi connectivity index (χ1n) is 5.04. The second-order valence-electron chi connectivity index (χ2n) is 4.38. The van der Waals surface area contributed by atoms with Crippen LogP contribution in [0, 0.1) is 17.1 Å². The van der Waals surface area contributed by atoms with Crippen molar-refractivity contribution in [3.63, 3.8) is 0 Å². The Balaban J connectivity index is 2.95. The first-order valence-corrected chi connectivity index (χ1v) is 5.04. The van der Waals surface area contributed by atoms with Crippen molar-refractivity contribution in [2.75, 3.05) is 5.32 Å². The van der Waals surface area contributed by atoms with E-state index in [2.05, 4.69) is 5.32 Å². The van der Waals surface area contributed by atoms with Crippen LogP contribution in [-0.2, 0) is 4.79 Å². The maximum absolute atomic E-state index is 12.9. The molecule has 0 heterocycles. The number of carboxylic acids is 1. The summed E-state index contributed by atoms with van der Waals surface area (Å²) in [6.07, 6.45) is -0.102. The Morgan fingerprint density at radius 3 is 2.76 bits per heavy atom. The van der Waals surface area contributed by atoms with Gasteiger partial charge in [-0.25, -0.2) is 4.39 Å². The molecule has 17 heavy (non-hydrogen) atoms. The van der Waals surface area contributed by atoms with E-state index < -0.39 is 17.3 Å². The van der Waals surface area contributed by atoms with Gasteiger partial charge in [0.2, 0.25) is 0 Å². The lowest BCUT2D eigenvalue weighted by molar-refractivity contribution is -0.137. The topological polar surface area (TPSA) is 73.1 Å². The van der Waals surface area contributed by atoms with Crippen molar-refractivity contribution in [1.29, 1.82) is 5.26 Å². The fourth-order valence-electron chi connectivity index (χ4n) is 1.50. The third-order valence-corrected chi connectivity index (χ3v) is 2.17. The van der Waals surface area contributed by atoms with Crippen LogP contribution in [0.5, 0.6) is 0 Å². The molecule has 0 unspecified atom stereocenters. The molecule has 1 aromatic rings. The van der Waals surface area contributed by atoms with E-state index in [0.717, 1.165) is 6.07 Å². The van der Waals surface area contributed by atoms with Gasteiger partial charge in [0.25, 0.3) is 0 Å². The van der Waals surface area contributed by atoms with Crippen LogP contribution >= 0.6 is 0 Å². The van der Waals surface area contributed by atoms with Gasteiger partial charge in [-0.1, -0.05) is 0 Å². The second-order valence-corrected chi connectivity index (χ2v) is 4.38. The third kappa shape index (κ3) is 3.76. The number of carbonyl (C=O) groups is 1. The van der Waals surface area contributed by atoms with Crippen molar-refractivity contribution in [3.8, 4) is 6.07 Å². The summed E-state index contributed by atoms with van der Waals surface area (Å²) in [6, 6.07) is 5.62. The molecule has 0 spiro atoms. The predicted molar refractivity (Wildman–Crippen MR) is 61.1 cm³/mol. The van der Waals surface area contributed by atoms with Gasteiger partial charge in [-0.2, -0.15) is 5.26 Å². The van der Waals surface area contributed by atoms with Crippen molar-refractivity contribution < 1.29 is 14.3 Å². The quantitative estimate of drug-likeness (QED) is 0.841. The highest BCUT2D eigenvalue weighted by Gasteiger charge is 2.22. The van der Waals surface area contributed by atoms with E-state index in [4.69, 9.17) is 10.4 Å². The van der Waals surface area contributed by atoms with Crippen LogP contribution < -0.4 is 5.32 Å². The number of carboxylic acid groups (broad SMARTS) is 1. The zero-order valence-electron chi connectivity index (χ0n) is 9.62. The lowest BCUT2D eigenvalue weighted by Crippen LogP contribution is -2.33. The summed E-state index contributed by atoms with van der Waals surface area (Å²) >= 11 is 0. The Morgan fingerprint density at radius 1 is 1.59 bits per heavy atom. The molecule has 1 rings (SSSR count). The Labute approximate surface area is 98.7 Å². The summed E-state index contributed by atoms with van der Waals surface area (Å²) < 4.78 is 12.9. The molecule has 0 fully saturated rings. The van der Waals surface area contributed by atoms with E-state index in [9.17, 15) is 9.18 Å².